The number of carbonyl (C=O) groups excluding carboxylic acids is 1. The first-order valence-electron chi connectivity index (χ1n) is 9.81. The zero-order valence-corrected chi connectivity index (χ0v) is 16.0. The van der Waals surface area contributed by atoms with Gasteiger partial charge in [0.05, 0.1) is 0 Å². The molecule has 1 spiro atoms. The van der Waals surface area contributed by atoms with Gasteiger partial charge in [0.25, 0.3) is 5.91 Å². The Kier molecular flexibility index (Phi) is 4.54. The molecule has 4 rings (SSSR count). The maximum atomic E-state index is 13.5. The molecule has 2 atom stereocenters. The van der Waals surface area contributed by atoms with Crippen LogP contribution in [0, 0.1) is 5.92 Å². The van der Waals surface area contributed by atoms with Crippen molar-refractivity contribution in [2.45, 2.75) is 51.2 Å². The molecule has 2 aliphatic heterocycles. The molecule has 1 saturated carbocycles. The van der Waals surface area contributed by atoms with Crippen LogP contribution < -0.4 is 5.73 Å². The van der Waals surface area contributed by atoms with Gasteiger partial charge in [0.2, 0.25) is 0 Å². The normalized spacial score (nSPS) is 30.9. The monoisotopic (exact) mass is 365 g/mol. The van der Waals surface area contributed by atoms with Crippen LogP contribution in [-0.4, -0.2) is 28.9 Å². The average molecular weight is 365 g/mol. The van der Waals surface area contributed by atoms with Crippen molar-refractivity contribution in [3.05, 3.63) is 59.4 Å². The summed E-state index contributed by atoms with van der Waals surface area (Å²) in [4.78, 5) is 20.0. The second kappa shape index (κ2) is 6.87. The van der Waals surface area contributed by atoms with Gasteiger partial charge in [-0.15, -0.1) is 0 Å². The Morgan fingerprint density at radius 1 is 1.26 bits per heavy atom. The number of benzene rings is 1. The van der Waals surface area contributed by atoms with Crippen LogP contribution >= 0.6 is 0 Å². The molecule has 2 fully saturated rings. The van der Waals surface area contributed by atoms with Crippen molar-refractivity contribution in [2.24, 2.45) is 16.6 Å². The molecule has 0 radical (unpaired) electrons. The standard InChI is InChI=1S/C22H27N3O2/c1-3-17-18(4-2)27-19(16-8-6-5-7-9-16)14-22(17)20(26)25(21(23)24-22)13-12-15-10-11-15/h3-9,15,19H,10-14H2,1-2H3,(H2,23,24). The van der Waals surface area contributed by atoms with Crippen molar-refractivity contribution < 1.29 is 9.53 Å². The summed E-state index contributed by atoms with van der Waals surface area (Å²) >= 11 is 0. The highest BCUT2D eigenvalue weighted by molar-refractivity contribution is 6.09. The Morgan fingerprint density at radius 2 is 2.00 bits per heavy atom. The number of carbonyl (C=O) groups is 1. The van der Waals surface area contributed by atoms with Gasteiger partial charge in [-0.1, -0.05) is 49.2 Å². The van der Waals surface area contributed by atoms with Crippen LogP contribution in [-0.2, 0) is 9.53 Å². The molecule has 1 aromatic carbocycles. The summed E-state index contributed by atoms with van der Waals surface area (Å²) in [6.07, 6.45) is 7.61. The highest BCUT2D eigenvalue weighted by Crippen LogP contribution is 2.48. The number of aliphatic imine (C=N–C) groups is 1. The summed E-state index contributed by atoms with van der Waals surface area (Å²) in [5.74, 6) is 1.77. The average Bonchev–Trinajstić information content (AvgIpc) is 3.48. The van der Waals surface area contributed by atoms with E-state index in [1.54, 1.807) is 4.90 Å². The Morgan fingerprint density at radius 3 is 2.63 bits per heavy atom. The minimum atomic E-state index is -0.983. The maximum absolute atomic E-state index is 13.5. The van der Waals surface area contributed by atoms with E-state index >= 15 is 0 Å². The van der Waals surface area contributed by atoms with Crippen molar-refractivity contribution >= 4 is 11.9 Å². The lowest BCUT2D eigenvalue weighted by Gasteiger charge is -2.39. The Balaban J connectivity index is 1.70. The highest BCUT2D eigenvalue weighted by Gasteiger charge is 2.55. The van der Waals surface area contributed by atoms with Gasteiger partial charge in [0, 0.05) is 18.5 Å². The molecule has 5 nitrogen and oxygen atoms in total. The first kappa shape index (κ1) is 17.8. The molecular weight excluding hydrogens is 338 g/mol. The predicted molar refractivity (Wildman–Crippen MR) is 106 cm³/mol. The number of hydrogen-bond donors (Lipinski definition) is 1. The van der Waals surface area contributed by atoms with E-state index in [0.717, 1.165) is 23.5 Å². The number of allylic oxidation sites excluding steroid dienone is 2. The topological polar surface area (TPSA) is 67.9 Å². The minimum Gasteiger partial charge on any atom is -0.486 e. The molecule has 2 N–H and O–H groups in total. The van der Waals surface area contributed by atoms with E-state index in [9.17, 15) is 4.79 Å². The van der Waals surface area contributed by atoms with Gasteiger partial charge in [-0.25, -0.2) is 4.99 Å². The molecule has 2 heterocycles. The third-order valence-corrected chi connectivity index (χ3v) is 5.82. The van der Waals surface area contributed by atoms with Gasteiger partial charge < -0.3 is 10.5 Å². The molecule has 142 valence electrons. The fourth-order valence-electron chi connectivity index (χ4n) is 4.17. The van der Waals surface area contributed by atoms with Crippen LogP contribution in [0.4, 0.5) is 0 Å². The lowest BCUT2D eigenvalue weighted by atomic mass is 9.79. The molecule has 1 saturated heterocycles. The number of guanidine groups is 1. The van der Waals surface area contributed by atoms with E-state index in [4.69, 9.17) is 15.5 Å². The largest absolute Gasteiger partial charge is 0.486 e. The predicted octanol–water partition coefficient (Wildman–Crippen LogP) is 3.69. The molecule has 0 bridgehead atoms. The molecule has 1 aromatic rings. The fourth-order valence-corrected chi connectivity index (χ4v) is 4.17. The smallest absolute Gasteiger partial charge is 0.262 e. The van der Waals surface area contributed by atoms with Crippen molar-refractivity contribution in [1.82, 2.24) is 4.90 Å². The lowest BCUT2D eigenvalue weighted by Crippen LogP contribution is -2.48. The Hall–Kier alpha value is -2.56. The number of nitrogens with zero attached hydrogens (tertiary/aromatic N) is 2. The van der Waals surface area contributed by atoms with Gasteiger partial charge in [0.1, 0.15) is 11.9 Å². The molecule has 0 aromatic heterocycles. The minimum absolute atomic E-state index is 0.0164. The van der Waals surface area contributed by atoms with Gasteiger partial charge in [-0.2, -0.15) is 0 Å². The number of ether oxygens (including phenoxy) is 1. The third kappa shape index (κ3) is 3.05. The van der Waals surface area contributed by atoms with Crippen LogP contribution in [0.2, 0.25) is 0 Å². The van der Waals surface area contributed by atoms with E-state index in [-0.39, 0.29) is 12.0 Å². The summed E-state index contributed by atoms with van der Waals surface area (Å²) in [5, 5.41) is 0. The molecular formula is C22H27N3O2. The van der Waals surface area contributed by atoms with Crippen LogP contribution in [0.1, 0.15) is 51.2 Å². The van der Waals surface area contributed by atoms with E-state index in [1.165, 1.54) is 12.8 Å². The summed E-state index contributed by atoms with van der Waals surface area (Å²) in [5.41, 5.74) is 7.12. The zero-order chi connectivity index (χ0) is 19.0. The van der Waals surface area contributed by atoms with Gasteiger partial charge in [-0.05, 0) is 37.8 Å². The highest BCUT2D eigenvalue weighted by atomic mass is 16.5. The summed E-state index contributed by atoms with van der Waals surface area (Å²) in [6, 6.07) is 10.0. The molecule has 27 heavy (non-hydrogen) atoms. The Bertz CT molecular complexity index is 823. The summed E-state index contributed by atoms with van der Waals surface area (Å²) in [6.45, 7) is 4.51. The van der Waals surface area contributed by atoms with Gasteiger partial charge in [-0.3, -0.25) is 9.69 Å². The van der Waals surface area contributed by atoms with Crippen LogP contribution in [0.15, 0.2) is 58.8 Å². The second-order valence-corrected chi connectivity index (χ2v) is 7.60. The number of hydrogen-bond acceptors (Lipinski definition) is 4. The van der Waals surface area contributed by atoms with Gasteiger partial charge >= 0.3 is 0 Å². The molecule has 5 heteroatoms. The third-order valence-electron chi connectivity index (χ3n) is 5.82. The van der Waals surface area contributed by atoms with Crippen molar-refractivity contribution in [3.63, 3.8) is 0 Å². The SMILES string of the molecule is CC=C1OC(c2ccccc2)CC2(N=C(N)N(CCC3CC3)C2=O)C1=CC. The van der Waals surface area contributed by atoms with Crippen molar-refractivity contribution in [2.75, 3.05) is 6.54 Å². The first-order valence-corrected chi connectivity index (χ1v) is 9.81. The van der Waals surface area contributed by atoms with Crippen LogP contribution in [0.25, 0.3) is 0 Å². The molecule has 1 aliphatic carbocycles. The van der Waals surface area contributed by atoms with Gasteiger partial charge in [0.15, 0.2) is 11.5 Å². The van der Waals surface area contributed by atoms with Crippen LogP contribution in [0.5, 0.6) is 0 Å². The number of nitrogens with two attached hydrogens (primary N) is 1. The van der Waals surface area contributed by atoms with E-state index in [1.807, 2.05) is 56.3 Å². The zero-order valence-electron chi connectivity index (χ0n) is 16.0. The lowest BCUT2D eigenvalue weighted by molar-refractivity contribution is -0.132. The van der Waals surface area contributed by atoms with Crippen molar-refractivity contribution in [3.8, 4) is 0 Å². The number of amides is 1. The molecule has 3 aliphatic rings. The molecule has 2 unspecified atom stereocenters. The van der Waals surface area contributed by atoms with E-state index < -0.39 is 5.54 Å². The van der Waals surface area contributed by atoms with E-state index in [2.05, 4.69) is 0 Å². The summed E-state index contributed by atoms with van der Waals surface area (Å²) in [7, 11) is 0. The fraction of sp³-hybridized carbons (Fsp3) is 0.455. The first-order chi connectivity index (χ1) is 13.1. The maximum Gasteiger partial charge on any atom is 0.262 e. The van der Waals surface area contributed by atoms with Crippen LogP contribution in [0.3, 0.4) is 0 Å². The number of rotatable bonds is 4. The van der Waals surface area contributed by atoms with E-state index in [0.29, 0.717) is 24.7 Å². The Labute approximate surface area is 160 Å². The molecule has 1 amide bonds. The second-order valence-electron chi connectivity index (χ2n) is 7.60. The quantitative estimate of drug-likeness (QED) is 0.885. The van der Waals surface area contributed by atoms with Crippen molar-refractivity contribution in [1.29, 1.82) is 0 Å². The summed E-state index contributed by atoms with van der Waals surface area (Å²) < 4.78 is 6.25.